The topological polar surface area (TPSA) is 73.6 Å². The molecule has 27 heavy (non-hydrogen) atoms. The smallest absolute Gasteiger partial charge is 0.241 e. The van der Waals surface area contributed by atoms with E-state index in [1.54, 1.807) is 7.11 Å². The van der Waals surface area contributed by atoms with Gasteiger partial charge in [0, 0.05) is 0 Å². The molecule has 0 aliphatic heterocycles. The van der Waals surface area contributed by atoms with Gasteiger partial charge in [-0.25, -0.2) is 0 Å². The van der Waals surface area contributed by atoms with Gasteiger partial charge in [0.2, 0.25) is 5.91 Å². The molecule has 0 radical (unpaired) electrons. The number of carbonyl (C=O) groups excluding carboxylic acids is 1. The molecule has 0 bridgehead atoms. The van der Waals surface area contributed by atoms with Gasteiger partial charge in [-0.15, -0.1) is 0 Å². The van der Waals surface area contributed by atoms with E-state index in [4.69, 9.17) is 15.2 Å². The summed E-state index contributed by atoms with van der Waals surface area (Å²) in [5, 5.41) is 2.97. The summed E-state index contributed by atoms with van der Waals surface area (Å²) in [6, 6.07) is 12.4. The summed E-state index contributed by atoms with van der Waals surface area (Å²) < 4.78 is 11.2. The Morgan fingerprint density at radius 3 is 2.26 bits per heavy atom. The molecule has 0 aliphatic rings. The largest absolute Gasteiger partial charge is 0.493 e. The highest BCUT2D eigenvalue weighted by atomic mass is 16.5. The van der Waals surface area contributed by atoms with E-state index >= 15 is 0 Å². The lowest BCUT2D eigenvalue weighted by Gasteiger charge is -2.20. The summed E-state index contributed by atoms with van der Waals surface area (Å²) in [7, 11) is 1.61. The maximum atomic E-state index is 12.5. The zero-order valence-corrected chi connectivity index (χ0v) is 16.8. The summed E-state index contributed by atoms with van der Waals surface area (Å²) in [4.78, 5) is 12.5. The zero-order chi connectivity index (χ0) is 20.0. The van der Waals surface area contributed by atoms with Crippen LogP contribution in [0.25, 0.3) is 0 Å². The van der Waals surface area contributed by atoms with E-state index in [1.807, 2.05) is 56.3 Å². The first-order chi connectivity index (χ1) is 12.8. The summed E-state index contributed by atoms with van der Waals surface area (Å²) in [6.45, 7) is 8.72. The van der Waals surface area contributed by atoms with Crippen LogP contribution >= 0.6 is 0 Å². The minimum atomic E-state index is -0.705. The first-order valence-electron chi connectivity index (χ1n) is 9.25. The van der Waals surface area contributed by atoms with Crippen LogP contribution in [0.1, 0.15) is 49.5 Å². The van der Waals surface area contributed by atoms with Crippen LogP contribution in [0, 0.1) is 12.8 Å². The van der Waals surface area contributed by atoms with E-state index in [0.717, 1.165) is 16.7 Å². The van der Waals surface area contributed by atoms with Crippen molar-refractivity contribution in [2.24, 2.45) is 11.7 Å². The first-order valence-corrected chi connectivity index (χ1v) is 9.25. The summed E-state index contributed by atoms with van der Waals surface area (Å²) in [6.07, 6.45) is 0. The first kappa shape index (κ1) is 20.8. The number of rotatable bonds is 8. The lowest BCUT2D eigenvalue weighted by molar-refractivity contribution is -0.123. The monoisotopic (exact) mass is 370 g/mol. The second kappa shape index (κ2) is 9.42. The number of carbonyl (C=O) groups is 1. The Bertz CT molecular complexity index is 757. The molecular formula is C22H30N2O3. The number of ether oxygens (including phenoxy) is 2. The molecule has 2 aromatic rings. The van der Waals surface area contributed by atoms with Crippen LogP contribution in [0.2, 0.25) is 0 Å². The average Bonchev–Trinajstić information content (AvgIpc) is 2.66. The number of nitrogens with two attached hydrogens (primary N) is 1. The van der Waals surface area contributed by atoms with Crippen LogP contribution in [0.3, 0.4) is 0 Å². The molecule has 0 saturated carbocycles. The van der Waals surface area contributed by atoms with Crippen molar-refractivity contribution in [2.75, 3.05) is 13.7 Å². The molecule has 2 unspecified atom stereocenters. The molecule has 0 spiro atoms. The van der Waals surface area contributed by atoms with Gasteiger partial charge in [-0.2, -0.15) is 0 Å². The number of amides is 1. The van der Waals surface area contributed by atoms with Gasteiger partial charge >= 0.3 is 0 Å². The molecule has 5 nitrogen and oxygen atoms in total. The fraction of sp³-hybridized carbons (Fsp3) is 0.409. The molecule has 0 aromatic heterocycles. The van der Waals surface area contributed by atoms with E-state index in [-0.39, 0.29) is 11.9 Å². The third-order valence-corrected chi connectivity index (χ3v) is 4.34. The summed E-state index contributed by atoms with van der Waals surface area (Å²) in [5.41, 5.74) is 8.95. The standard InChI is InChI=1S/C22H30N2O3/c1-14(2)13-27-19-11-10-18(12-20(19)26-5)16(4)24-22(25)21(23)17-8-6-15(3)7-9-17/h6-12,14,16,21H,13,23H2,1-5H3,(H,24,25). The SMILES string of the molecule is COc1cc(C(C)NC(=O)C(N)c2ccc(C)cc2)ccc1OCC(C)C. The quantitative estimate of drug-likeness (QED) is 0.739. The number of hydrogen-bond donors (Lipinski definition) is 2. The molecule has 3 N–H and O–H groups in total. The molecule has 0 saturated heterocycles. The predicted molar refractivity (Wildman–Crippen MR) is 108 cm³/mol. The second-order valence-electron chi connectivity index (χ2n) is 7.23. The Kier molecular flexibility index (Phi) is 7.25. The number of nitrogens with one attached hydrogen (secondary N) is 1. The number of hydrogen-bond acceptors (Lipinski definition) is 4. The van der Waals surface area contributed by atoms with Crippen molar-refractivity contribution in [3.63, 3.8) is 0 Å². The molecular weight excluding hydrogens is 340 g/mol. The maximum Gasteiger partial charge on any atom is 0.241 e. The zero-order valence-electron chi connectivity index (χ0n) is 16.8. The fourth-order valence-electron chi connectivity index (χ4n) is 2.64. The highest BCUT2D eigenvalue weighted by Crippen LogP contribution is 2.30. The third-order valence-electron chi connectivity index (χ3n) is 4.34. The highest BCUT2D eigenvalue weighted by molar-refractivity contribution is 5.83. The molecule has 2 rings (SSSR count). The van der Waals surface area contributed by atoms with Crippen molar-refractivity contribution in [1.82, 2.24) is 5.32 Å². The molecule has 0 fully saturated rings. The number of methoxy groups -OCH3 is 1. The van der Waals surface area contributed by atoms with E-state index < -0.39 is 6.04 Å². The Morgan fingerprint density at radius 2 is 1.67 bits per heavy atom. The highest BCUT2D eigenvalue weighted by Gasteiger charge is 2.19. The van der Waals surface area contributed by atoms with Gasteiger partial charge in [0.1, 0.15) is 6.04 Å². The van der Waals surface area contributed by atoms with Gasteiger partial charge in [-0.3, -0.25) is 4.79 Å². The normalized spacial score (nSPS) is 13.1. The van der Waals surface area contributed by atoms with Crippen LogP contribution in [-0.2, 0) is 4.79 Å². The lowest BCUT2D eigenvalue weighted by atomic mass is 10.0. The minimum absolute atomic E-state index is 0.206. The van der Waals surface area contributed by atoms with E-state index in [0.29, 0.717) is 24.0 Å². The molecule has 1 amide bonds. The van der Waals surface area contributed by atoms with Gasteiger partial charge in [0.25, 0.3) is 0 Å². The van der Waals surface area contributed by atoms with Gasteiger partial charge in [0.15, 0.2) is 11.5 Å². The van der Waals surface area contributed by atoms with Crippen molar-refractivity contribution in [3.8, 4) is 11.5 Å². The van der Waals surface area contributed by atoms with Crippen LogP contribution in [0.15, 0.2) is 42.5 Å². The van der Waals surface area contributed by atoms with Crippen molar-refractivity contribution < 1.29 is 14.3 Å². The number of aryl methyl sites for hydroxylation is 1. The lowest BCUT2D eigenvalue weighted by Crippen LogP contribution is -2.35. The second-order valence-corrected chi connectivity index (χ2v) is 7.23. The van der Waals surface area contributed by atoms with Crippen LogP contribution in [-0.4, -0.2) is 19.6 Å². The predicted octanol–water partition coefficient (Wildman–Crippen LogP) is 3.92. The Balaban J connectivity index is 2.06. The van der Waals surface area contributed by atoms with Gasteiger partial charge < -0.3 is 20.5 Å². The van der Waals surface area contributed by atoms with Crippen molar-refractivity contribution >= 4 is 5.91 Å². The van der Waals surface area contributed by atoms with Crippen LogP contribution in [0.4, 0.5) is 0 Å². The number of benzene rings is 2. The Hall–Kier alpha value is -2.53. The van der Waals surface area contributed by atoms with E-state index in [1.165, 1.54) is 0 Å². The average molecular weight is 370 g/mol. The van der Waals surface area contributed by atoms with Crippen molar-refractivity contribution in [2.45, 2.75) is 39.8 Å². The molecule has 0 aliphatic carbocycles. The maximum absolute atomic E-state index is 12.5. The molecule has 146 valence electrons. The van der Waals surface area contributed by atoms with Crippen molar-refractivity contribution in [1.29, 1.82) is 0 Å². The Labute approximate surface area is 161 Å². The van der Waals surface area contributed by atoms with E-state index in [9.17, 15) is 4.79 Å². The third kappa shape index (κ3) is 5.73. The fourth-order valence-corrected chi connectivity index (χ4v) is 2.64. The Morgan fingerprint density at radius 1 is 1.04 bits per heavy atom. The minimum Gasteiger partial charge on any atom is -0.493 e. The molecule has 5 heteroatoms. The van der Waals surface area contributed by atoms with Crippen LogP contribution in [0.5, 0.6) is 11.5 Å². The summed E-state index contributed by atoms with van der Waals surface area (Å²) >= 11 is 0. The van der Waals surface area contributed by atoms with Crippen molar-refractivity contribution in [3.05, 3.63) is 59.2 Å². The van der Waals surface area contributed by atoms with E-state index in [2.05, 4.69) is 19.2 Å². The molecule has 2 atom stereocenters. The summed E-state index contributed by atoms with van der Waals surface area (Å²) in [5.74, 6) is 1.56. The van der Waals surface area contributed by atoms with Gasteiger partial charge in [-0.1, -0.05) is 49.7 Å². The van der Waals surface area contributed by atoms with Crippen LogP contribution < -0.4 is 20.5 Å². The molecule has 2 aromatic carbocycles. The van der Waals surface area contributed by atoms with Gasteiger partial charge in [-0.05, 0) is 43.0 Å². The molecule has 0 heterocycles. The van der Waals surface area contributed by atoms with Gasteiger partial charge in [0.05, 0.1) is 19.8 Å².